The summed E-state index contributed by atoms with van der Waals surface area (Å²) in [4.78, 5) is 9.91. The zero-order chi connectivity index (χ0) is 12.8. The molecule has 0 N–H and O–H groups in total. The van der Waals surface area contributed by atoms with E-state index in [0.29, 0.717) is 0 Å². The minimum atomic E-state index is -1.01. The van der Waals surface area contributed by atoms with Crippen LogP contribution >= 0.6 is 0 Å². The van der Waals surface area contributed by atoms with Gasteiger partial charge < -0.3 is 9.90 Å². The SMILES string of the molecule is CC(C)(C)C(=O)[O-].N#Cc1cc[c]([Zn+])cc1. The fourth-order valence-corrected chi connectivity index (χ4v) is 1.07. The quantitative estimate of drug-likeness (QED) is 0.644. The van der Waals surface area contributed by atoms with Crippen molar-refractivity contribution in [3.05, 3.63) is 29.8 Å². The van der Waals surface area contributed by atoms with Gasteiger partial charge in [0.15, 0.2) is 0 Å². The molecule has 1 aromatic carbocycles. The molecule has 0 saturated heterocycles. The predicted octanol–water partition coefficient (Wildman–Crippen LogP) is 0.513. The van der Waals surface area contributed by atoms with Gasteiger partial charge in [-0.1, -0.05) is 20.8 Å². The summed E-state index contributed by atoms with van der Waals surface area (Å²) in [5.74, 6) is -1.01. The molecule has 4 heteroatoms. The van der Waals surface area contributed by atoms with Crippen molar-refractivity contribution in [2.24, 2.45) is 5.41 Å². The number of carbonyl (C=O) groups is 1. The number of aliphatic carboxylic acids is 1. The summed E-state index contributed by atoms with van der Waals surface area (Å²) < 4.78 is 1.31. The molecule has 0 saturated carbocycles. The molecule has 0 unspecified atom stereocenters. The van der Waals surface area contributed by atoms with E-state index in [0.717, 1.165) is 23.9 Å². The second-order valence-electron chi connectivity index (χ2n) is 4.35. The molecule has 3 nitrogen and oxygen atoms in total. The van der Waals surface area contributed by atoms with Crippen molar-refractivity contribution in [2.75, 3.05) is 0 Å². The van der Waals surface area contributed by atoms with Crippen molar-refractivity contribution in [2.45, 2.75) is 20.8 Å². The first kappa shape index (κ1) is 14.8. The second kappa shape index (κ2) is 6.40. The summed E-state index contributed by atoms with van der Waals surface area (Å²) >= 11 is 1.16. The van der Waals surface area contributed by atoms with Crippen LogP contribution in [0.4, 0.5) is 0 Å². The number of benzene rings is 1. The number of carboxylic acids is 1. The van der Waals surface area contributed by atoms with E-state index in [2.05, 4.69) is 6.07 Å². The number of carbonyl (C=O) groups excluding carboxylic acids is 1. The zero-order valence-corrected chi connectivity index (χ0v) is 12.7. The Morgan fingerprint density at radius 2 is 1.69 bits per heavy atom. The van der Waals surface area contributed by atoms with E-state index in [1.165, 1.54) is 4.16 Å². The van der Waals surface area contributed by atoms with Gasteiger partial charge >= 0.3 is 63.6 Å². The molecule has 0 aliphatic rings. The standard InChI is InChI=1S/C7H4N.C5H10O2.Zn/c8-6-7-4-2-1-3-5-7;1-5(2,3)4(6)7;/h2-5H;1-3H3,(H,6,7);/q;;+1/p-1. The fraction of sp³-hybridized carbons (Fsp3) is 0.333. The van der Waals surface area contributed by atoms with Crippen LogP contribution in [0, 0.1) is 16.7 Å². The normalized spacial score (nSPS) is 9.75. The van der Waals surface area contributed by atoms with E-state index in [1.807, 2.05) is 24.3 Å². The van der Waals surface area contributed by atoms with Crippen LogP contribution in [0.3, 0.4) is 0 Å². The van der Waals surface area contributed by atoms with Crippen LogP contribution in [-0.2, 0) is 23.1 Å². The zero-order valence-electron chi connectivity index (χ0n) is 9.78. The topological polar surface area (TPSA) is 63.9 Å². The number of carboxylic acid groups (broad SMARTS) is 1. The summed E-state index contributed by atoms with van der Waals surface area (Å²) in [5.41, 5.74) is 0.0483. The molecule has 0 spiro atoms. The molecular formula is C12H13NO2Zn. The summed E-state index contributed by atoms with van der Waals surface area (Å²) in [6.07, 6.45) is 0. The number of hydrogen-bond acceptors (Lipinski definition) is 3. The monoisotopic (exact) mass is 267 g/mol. The summed E-state index contributed by atoms with van der Waals surface area (Å²) in [6, 6.07) is 9.73. The number of rotatable bonds is 0. The van der Waals surface area contributed by atoms with Crippen LogP contribution in [0.5, 0.6) is 0 Å². The molecule has 0 aliphatic heterocycles. The van der Waals surface area contributed by atoms with Crippen LogP contribution in [0.1, 0.15) is 26.3 Å². The third-order valence-electron chi connectivity index (χ3n) is 1.70. The first-order chi connectivity index (χ1) is 7.27. The Hall–Kier alpha value is -1.20. The van der Waals surface area contributed by atoms with E-state index >= 15 is 0 Å². The van der Waals surface area contributed by atoms with Crippen molar-refractivity contribution in [1.82, 2.24) is 0 Å². The Bertz CT molecular complexity index is 385. The Kier molecular flexibility index (Phi) is 5.92. The van der Waals surface area contributed by atoms with E-state index in [-0.39, 0.29) is 0 Å². The number of nitriles is 1. The van der Waals surface area contributed by atoms with Gasteiger partial charge in [0.25, 0.3) is 0 Å². The van der Waals surface area contributed by atoms with Crippen LogP contribution in [0.25, 0.3) is 0 Å². The van der Waals surface area contributed by atoms with Gasteiger partial charge in [-0.3, -0.25) is 0 Å². The minimum absolute atomic E-state index is 0.694. The van der Waals surface area contributed by atoms with Crippen molar-refractivity contribution < 1.29 is 28.2 Å². The number of hydrogen-bond donors (Lipinski definition) is 0. The molecule has 0 aromatic heterocycles. The van der Waals surface area contributed by atoms with Crippen molar-refractivity contribution in [3.63, 3.8) is 0 Å². The van der Waals surface area contributed by atoms with Gasteiger partial charge in [-0.2, -0.15) is 0 Å². The van der Waals surface area contributed by atoms with Crippen LogP contribution < -0.4 is 9.26 Å². The van der Waals surface area contributed by atoms with Gasteiger partial charge in [0.05, 0.1) is 0 Å². The van der Waals surface area contributed by atoms with Crippen molar-refractivity contribution in [3.8, 4) is 6.07 Å². The van der Waals surface area contributed by atoms with Gasteiger partial charge in [-0.05, 0) is 0 Å². The maximum absolute atomic E-state index is 9.91. The molecule has 0 fully saturated rings. The third-order valence-corrected chi connectivity index (χ3v) is 2.68. The van der Waals surface area contributed by atoms with Crippen LogP contribution in [-0.4, -0.2) is 5.97 Å². The predicted molar refractivity (Wildman–Crippen MR) is 55.3 cm³/mol. The Balaban J connectivity index is 0.000000293. The Labute approximate surface area is 106 Å². The van der Waals surface area contributed by atoms with E-state index in [1.54, 1.807) is 20.8 Å². The average Bonchev–Trinajstić information content (AvgIpc) is 2.18. The Morgan fingerprint density at radius 3 is 1.94 bits per heavy atom. The molecule has 0 bridgehead atoms. The van der Waals surface area contributed by atoms with Gasteiger partial charge in [0, 0.05) is 11.4 Å². The molecule has 16 heavy (non-hydrogen) atoms. The second-order valence-corrected chi connectivity index (χ2v) is 6.06. The third kappa shape index (κ3) is 6.32. The van der Waals surface area contributed by atoms with Gasteiger partial charge in [0.2, 0.25) is 0 Å². The van der Waals surface area contributed by atoms with Crippen LogP contribution in [0.15, 0.2) is 24.3 Å². The Morgan fingerprint density at radius 1 is 1.31 bits per heavy atom. The van der Waals surface area contributed by atoms with Gasteiger partial charge in [-0.25, -0.2) is 0 Å². The molecule has 1 aromatic rings. The summed E-state index contributed by atoms with van der Waals surface area (Å²) in [6.45, 7) is 4.80. The molecule has 1 rings (SSSR count). The van der Waals surface area contributed by atoms with Crippen LogP contribution in [0.2, 0.25) is 0 Å². The van der Waals surface area contributed by atoms with E-state index < -0.39 is 11.4 Å². The maximum atomic E-state index is 9.91. The van der Waals surface area contributed by atoms with Crippen molar-refractivity contribution >= 4 is 10.1 Å². The molecule has 0 atom stereocenters. The first-order valence-electron chi connectivity index (χ1n) is 4.81. The molecule has 80 valence electrons. The van der Waals surface area contributed by atoms with Gasteiger partial charge in [-0.15, -0.1) is 0 Å². The fourth-order valence-electron chi connectivity index (χ4n) is 0.579. The van der Waals surface area contributed by atoms with E-state index in [9.17, 15) is 9.90 Å². The molecule has 0 aliphatic carbocycles. The summed E-state index contributed by atoms with van der Waals surface area (Å²) in [5, 5.41) is 18.3. The van der Waals surface area contributed by atoms with E-state index in [4.69, 9.17) is 5.26 Å². The average molecular weight is 269 g/mol. The molecule has 0 amide bonds. The van der Waals surface area contributed by atoms with Crippen molar-refractivity contribution in [1.29, 1.82) is 5.26 Å². The summed E-state index contributed by atoms with van der Waals surface area (Å²) in [7, 11) is 0. The number of nitrogens with zero attached hydrogens (tertiary/aromatic N) is 1. The first-order valence-corrected chi connectivity index (χ1v) is 6.29. The van der Waals surface area contributed by atoms with Gasteiger partial charge in [0.1, 0.15) is 0 Å². The molecule has 0 radical (unpaired) electrons. The molecular weight excluding hydrogens is 256 g/mol. The molecule has 0 heterocycles.